The molecule has 18 heavy (non-hydrogen) atoms. The number of aryl methyl sites for hydroxylation is 1. The molecule has 0 aliphatic heterocycles. The van der Waals surface area contributed by atoms with Gasteiger partial charge in [-0.15, -0.1) is 0 Å². The van der Waals surface area contributed by atoms with Gasteiger partial charge in [0.15, 0.2) is 0 Å². The summed E-state index contributed by atoms with van der Waals surface area (Å²) in [5.74, 6) is 0. The fraction of sp³-hybridized carbons (Fsp3) is 0.529. The van der Waals surface area contributed by atoms with Crippen LogP contribution in [0.15, 0.2) is 29.8 Å². The molecule has 0 bridgehead atoms. The van der Waals surface area contributed by atoms with E-state index in [0.29, 0.717) is 0 Å². The van der Waals surface area contributed by atoms with Gasteiger partial charge in [-0.2, -0.15) is 0 Å². The van der Waals surface area contributed by atoms with Crippen molar-refractivity contribution in [3.63, 3.8) is 0 Å². The first-order valence-electron chi connectivity index (χ1n) is 7.21. The molecule has 98 valence electrons. The highest BCUT2D eigenvalue weighted by atomic mass is 14.8. The quantitative estimate of drug-likeness (QED) is 0.601. The van der Waals surface area contributed by atoms with Gasteiger partial charge in [-0.3, -0.25) is 0 Å². The minimum absolute atomic E-state index is 1.00. The van der Waals surface area contributed by atoms with E-state index in [2.05, 4.69) is 43.4 Å². The molecule has 0 heterocycles. The lowest BCUT2D eigenvalue weighted by atomic mass is 9.97. The molecular weight excluding hydrogens is 218 g/mol. The van der Waals surface area contributed by atoms with Crippen molar-refractivity contribution in [3.8, 4) is 0 Å². The molecule has 0 radical (unpaired) electrons. The van der Waals surface area contributed by atoms with Crippen molar-refractivity contribution in [1.29, 1.82) is 0 Å². The van der Waals surface area contributed by atoms with Crippen LogP contribution in [0, 0.1) is 13.8 Å². The van der Waals surface area contributed by atoms with Gasteiger partial charge >= 0.3 is 0 Å². The molecule has 1 heteroatoms. The highest BCUT2D eigenvalue weighted by molar-refractivity contribution is 5.32. The summed E-state index contributed by atoms with van der Waals surface area (Å²) in [7, 11) is 0. The fourth-order valence-corrected chi connectivity index (χ4v) is 2.61. The molecule has 1 aromatic carbocycles. The Morgan fingerprint density at radius 1 is 1.17 bits per heavy atom. The van der Waals surface area contributed by atoms with Gasteiger partial charge in [-0.1, -0.05) is 29.8 Å². The monoisotopic (exact) mass is 243 g/mol. The molecule has 1 aliphatic carbocycles. The van der Waals surface area contributed by atoms with E-state index in [1.165, 1.54) is 48.8 Å². The van der Waals surface area contributed by atoms with E-state index in [1.54, 1.807) is 5.57 Å². The zero-order valence-corrected chi connectivity index (χ0v) is 11.8. The van der Waals surface area contributed by atoms with E-state index in [0.717, 1.165) is 13.1 Å². The second-order valence-electron chi connectivity index (χ2n) is 5.39. The van der Waals surface area contributed by atoms with Gasteiger partial charge in [0.2, 0.25) is 0 Å². The number of allylic oxidation sites excluding steroid dienone is 1. The van der Waals surface area contributed by atoms with E-state index < -0.39 is 0 Å². The number of benzene rings is 1. The van der Waals surface area contributed by atoms with Gasteiger partial charge in [0.05, 0.1) is 0 Å². The van der Waals surface area contributed by atoms with Gasteiger partial charge in [0.1, 0.15) is 0 Å². The lowest BCUT2D eigenvalue weighted by molar-refractivity contribution is 0.631. The summed E-state index contributed by atoms with van der Waals surface area (Å²) in [5, 5.41) is 3.58. The maximum Gasteiger partial charge on any atom is 0.0208 e. The third-order valence-electron chi connectivity index (χ3n) is 4.04. The van der Waals surface area contributed by atoms with Crippen molar-refractivity contribution in [1.82, 2.24) is 5.32 Å². The van der Waals surface area contributed by atoms with Crippen molar-refractivity contribution in [2.45, 2.75) is 52.5 Å². The van der Waals surface area contributed by atoms with Crippen LogP contribution in [0.2, 0.25) is 0 Å². The topological polar surface area (TPSA) is 12.0 Å². The van der Waals surface area contributed by atoms with Gasteiger partial charge < -0.3 is 5.32 Å². The molecule has 0 fully saturated rings. The Morgan fingerprint density at radius 3 is 2.83 bits per heavy atom. The normalized spacial score (nSPS) is 15.6. The van der Waals surface area contributed by atoms with Crippen LogP contribution in [0.25, 0.3) is 0 Å². The summed E-state index contributed by atoms with van der Waals surface area (Å²) in [6, 6.07) is 6.57. The number of hydrogen-bond acceptors (Lipinski definition) is 1. The Labute approximate surface area is 111 Å². The van der Waals surface area contributed by atoms with Crippen molar-refractivity contribution in [2.75, 3.05) is 6.54 Å². The van der Waals surface area contributed by atoms with E-state index in [9.17, 15) is 0 Å². The molecule has 1 aromatic rings. The van der Waals surface area contributed by atoms with Crippen molar-refractivity contribution in [2.24, 2.45) is 0 Å². The van der Waals surface area contributed by atoms with Gasteiger partial charge in [-0.05, 0) is 69.2 Å². The van der Waals surface area contributed by atoms with Crippen molar-refractivity contribution < 1.29 is 0 Å². The van der Waals surface area contributed by atoms with Crippen molar-refractivity contribution in [3.05, 3.63) is 46.5 Å². The third kappa shape index (κ3) is 3.71. The first-order valence-corrected chi connectivity index (χ1v) is 7.21. The Kier molecular flexibility index (Phi) is 5.00. The molecule has 0 atom stereocenters. The molecule has 0 unspecified atom stereocenters. The van der Waals surface area contributed by atoms with Crippen LogP contribution in [0.4, 0.5) is 0 Å². The average Bonchev–Trinajstić information content (AvgIpc) is 2.40. The van der Waals surface area contributed by atoms with Crippen LogP contribution in [0.3, 0.4) is 0 Å². The summed E-state index contributed by atoms with van der Waals surface area (Å²) in [4.78, 5) is 0. The molecule has 2 rings (SSSR count). The van der Waals surface area contributed by atoms with E-state index in [1.807, 2.05) is 0 Å². The summed E-state index contributed by atoms with van der Waals surface area (Å²) in [5.41, 5.74) is 5.92. The lowest BCUT2D eigenvalue weighted by Gasteiger charge is -2.14. The standard InChI is InChI=1S/C17H25N/c1-14-7-6-10-17(15(14)2)13-18-12-11-16-8-4-3-5-9-16/h6-8,10,18H,3-5,9,11-13H2,1-2H3. The Morgan fingerprint density at radius 2 is 2.06 bits per heavy atom. The van der Waals surface area contributed by atoms with Crippen molar-refractivity contribution >= 4 is 0 Å². The van der Waals surface area contributed by atoms with Crippen LogP contribution in [-0.2, 0) is 6.54 Å². The minimum Gasteiger partial charge on any atom is -0.312 e. The highest BCUT2D eigenvalue weighted by Crippen LogP contribution is 2.19. The minimum atomic E-state index is 1.00. The molecule has 0 saturated heterocycles. The largest absolute Gasteiger partial charge is 0.312 e. The van der Waals surface area contributed by atoms with E-state index >= 15 is 0 Å². The smallest absolute Gasteiger partial charge is 0.0208 e. The molecule has 1 nitrogen and oxygen atoms in total. The fourth-order valence-electron chi connectivity index (χ4n) is 2.61. The Hall–Kier alpha value is -1.08. The zero-order valence-electron chi connectivity index (χ0n) is 11.8. The molecule has 0 spiro atoms. The molecule has 0 saturated carbocycles. The summed E-state index contributed by atoms with van der Waals surface area (Å²) in [6.45, 7) is 6.52. The lowest BCUT2D eigenvalue weighted by Crippen LogP contribution is -2.16. The highest BCUT2D eigenvalue weighted by Gasteiger charge is 2.03. The van der Waals surface area contributed by atoms with Crippen LogP contribution in [0.1, 0.15) is 48.8 Å². The van der Waals surface area contributed by atoms with E-state index in [-0.39, 0.29) is 0 Å². The zero-order chi connectivity index (χ0) is 12.8. The molecule has 0 amide bonds. The summed E-state index contributed by atoms with van der Waals surface area (Å²) in [6.07, 6.45) is 9.08. The predicted molar refractivity (Wildman–Crippen MR) is 78.8 cm³/mol. The van der Waals surface area contributed by atoms with Gasteiger partial charge in [0, 0.05) is 6.54 Å². The van der Waals surface area contributed by atoms with Gasteiger partial charge in [-0.25, -0.2) is 0 Å². The maximum absolute atomic E-state index is 3.58. The first-order chi connectivity index (χ1) is 8.77. The molecule has 0 aromatic heterocycles. The molecule has 1 N–H and O–H groups in total. The summed E-state index contributed by atoms with van der Waals surface area (Å²) >= 11 is 0. The van der Waals surface area contributed by atoms with Crippen LogP contribution < -0.4 is 5.32 Å². The second kappa shape index (κ2) is 6.75. The Bertz CT molecular complexity index is 418. The predicted octanol–water partition coefficient (Wildman–Crippen LogP) is 4.28. The maximum atomic E-state index is 3.58. The first kappa shape index (κ1) is 13.4. The van der Waals surface area contributed by atoms with Crippen LogP contribution >= 0.6 is 0 Å². The molecule has 1 aliphatic rings. The van der Waals surface area contributed by atoms with Crippen LogP contribution in [0.5, 0.6) is 0 Å². The number of hydrogen-bond donors (Lipinski definition) is 1. The third-order valence-corrected chi connectivity index (χ3v) is 4.04. The van der Waals surface area contributed by atoms with E-state index in [4.69, 9.17) is 0 Å². The SMILES string of the molecule is Cc1cccc(CNCCC2=CCCCC2)c1C. The number of rotatable bonds is 5. The van der Waals surface area contributed by atoms with Crippen LogP contribution in [-0.4, -0.2) is 6.54 Å². The molecular formula is C17H25N. The Balaban J connectivity index is 1.75. The number of nitrogens with one attached hydrogen (secondary N) is 1. The summed E-state index contributed by atoms with van der Waals surface area (Å²) < 4.78 is 0. The average molecular weight is 243 g/mol. The second-order valence-corrected chi connectivity index (χ2v) is 5.39. The van der Waals surface area contributed by atoms with Gasteiger partial charge in [0.25, 0.3) is 0 Å².